The molecule has 6 heteroatoms. The normalized spacial score (nSPS) is 13.8. The van der Waals surface area contributed by atoms with E-state index in [1.165, 1.54) is 0 Å². The van der Waals surface area contributed by atoms with E-state index in [9.17, 15) is 10.2 Å². The topological polar surface area (TPSA) is 79.2 Å². The highest BCUT2D eigenvalue weighted by molar-refractivity contribution is 6.18. The SMILES string of the molecule is Cc1cc(C(C)(C)c2ccc(OC[C@@H](O)CO)cc2)ccc1OC[C@@H](O)CCl. The molecule has 0 saturated heterocycles. The van der Waals surface area contributed by atoms with E-state index in [1.807, 2.05) is 43.3 Å². The van der Waals surface area contributed by atoms with Crippen LogP contribution >= 0.6 is 11.6 Å². The Balaban J connectivity index is 2.11. The summed E-state index contributed by atoms with van der Waals surface area (Å²) < 4.78 is 11.1. The molecule has 0 aliphatic rings. The van der Waals surface area contributed by atoms with Crippen LogP contribution in [-0.4, -0.2) is 53.2 Å². The van der Waals surface area contributed by atoms with Crippen molar-refractivity contribution in [1.82, 2.24) is 0 Å². The fourth-order valence-electron chi connectivity index (χ4n) is 2.81. The van der Waals surface area contributed by atoms with E-state index in [0.717, 1.165) is 22.4 Å². The van der Waals surface area contributed by atoms with Crippen LogP contribution in [0.15, 0.2) is 42.5 Å². The number of aryl methyl sites for hydroxylation is 1. The largest absolute Gasteiger partial charge is 0.491 e. The summed E-state index contributed by atoms with van der Waals surface area (Å²) in [5.41, 5.74) is 3.01. The van der Waals surface area contributed by atoms with Gasteiger partial charge in [0, 0.05) is 5.41 Å². The van der Waals surface area contributed by atoms with Gasteiger partial charge < -0.3 is 24.8 Å². The second kappa shape index (κ2) is 10.1. The molecule has 154 valence electrons. The van der Waals surface area contributed by atoms with Crippen molar-refractivity contribution in [3.8, 4) is 11.5 Å². The molecule has 0 radical (unpaired) electrons. The molecule has 2 atom stereocenters. The Morgan fingerprint density at radius 3 is 2.11 bits per heavy atom. The molecule has 0 bridgehead atoms. The summed E-state index contributed by atoms with van der Waals surface area (Å²) in [4.78, 5) is 0. The molecule has 2 rings (SSSR count). The van der Waals surface area contributed by atoms with E-state index >= 15 is 0 Å². The standard InChI is InChI=1S/C22H29ClO5/c1-15-10-17(6-9-21(15)28-13-18(25)11-23)22(2,3)16-4-7-20(8-5-16)27-14-19(26)12-24/h4-10,18-19,24-26H,11-14H2,1-3H3/t18-,19-/m0/s1. The van der Waals surface area contributed by atoms with Gasteiger partial charge in [0.2, 0.25) is 0 Å². The first kappa shape index (κ1) is 22.5. The molecule has 2 aromatic carbocycles. The number of halogens is 1. The first-order valence-electron chi connectivity index (χ1n) is 9.28. The zero-order valence-corrected chi connectivity index (χ0v) is 17.3. The van der Waals surface area contributed by atoms with Gasteiger partial charge in [0.1, 0.15) is 36.9 Å². The number of benzene rings is 2. The van der Waals surface area contributed by atoms with Crippen LogP contribution in [0.25, 0.3) is 0 Å². The Bertz CT molecular complexity index is 745. The predicted molar refractivity (Wildman–Crippen MR) is 111 cm³/mol. The minimum Gasteiger partial charge on any atom is -0.491 e. The zero-order chi connectivity index (χ0) is 20.7. The summed E-state index contributed by atoms with van der Waals surface area (Å²) in [6.07, 6.45) is -1.57. The third-order valence-electron chi connectivity index (χ3n) is 4.74. The summed E-state index contributed by atoms with van der Waals surface area (Å²) in [7, 11) is 0. The first-order chi connectivity index (χ1) is 13.3. The lowest BCUT2D eigenvalue weighted by atomic mass is 9.77. The monoisotopic (exact) mass is 408 g/mol. The lowest BCUT2D eigenvalue weighted by Crippen LogP contribution is -2.22. The summed E-state index contributed by atoms with van der Waals surface area (Å²) in [6.45, 7) is 6.16. The van der Waals surface area contributed by atoms with Crippen LogP contribution < -0.4 is 9.47 Å². The minimum atomic E-state index is -0.884. The molecule has 0 aliphatic carbocycles. The molecule has 5 nitrogen and oxygen atoms in total. The Hall–Kier alpha value is -1.79. The number of alkyl halides is 1. The molecule has 0 unspecified atom stereocenters. The summed E-state index contributed by atoms with van der Waals surface area (Å²) in [5.74, 6) is 1.52. The van der Waals surface area contributed by atoms with Crippen molar-refractivity contribution < 1.29 is 24.8 Å². The van der Waals surface area contributed by atoms with Crippen LogP contribution in [0.2, 0.25) is 0 Å². The second-order valence-corrected chi connectivity index (χ2v) is 7.70. The molecule has 0 amide bonds. The number of aliphatic hydroxyl groups excluding tert-OH is 3. The Morgan fingerprint density at radius 2 is 1.54 bits per heavy atom. The van der Waals surface area contributed by atoms with Gasteiger partial charge in [0.25, 0.3) is 0 Å². The molecule has 0 heterocycles. The van der Waals surface area contributed by atoms with Crippen molar-refractivity contribution in [2.75, 3.05) is 25.7 Å². The lowest BCUT2D eigenvalue weighted by molar-refractivity contribution is 0.0536. The minimum absolute atomic E-state index is 0.0539. The smallest absolute Gasteiger partial charge is 0.122 e. The maximum Gasteiger partial charge on any atom is 0.122 e. The van der Waals surface area contributed by atoms with Crippen molar-refractivity contribution in [1.29, 1.82) is 0 Å². The van der Waals surface area contributed by atoms with E-state index < -0.39 is 12.2 Å². The van der Waals surface area contributed by atoms with Gasteiger partial charge in [-0.05, 0) is 41.8 Å². The number of ether oxygens (including phenoxy) is 2. The maximum absolute atomic E-state index is 9.55. The van der Waals surface area contributed by atoms with Crippen LogP contribution in [-0.2, 0) is 5.41 Å². The molecular formula is C22H29ClO5. The molecule has 0 spiro atoms. The number of rotatable bonds is 10. The van der Waals surface area contributed by atoms with Crippen LogP contribution in [0.4, 0.5) is 0 Å². The predicted octanol–water partition coefficient (Wildman–Crippen LogP) is 3.03. The van der Waals surface area contributed by atoms with E-state index in [-0.39, 0.29) is 31.1 Å². The molecule has 28 heavy (non-hydrogen) atoms. The van der Waals surface area contributed by atoms with Crippen LogP contribution in [0.5, 0.6) is 11.5 Å². The van der Waals surface area contributed by atoms with Gasteiger partial charge in [-0.2, -0.15) is 0 Å². The Kier molecular flexibility index (Phi) is 8.13. The Labute approximate surface area is 171 Å². The van der Waals surface area contributed by atoms with E-state index in [0.29, 0.717) is 5.75 Å². The van der Waals surface area contributed by atoms with Gasteiger partial charge >= 0.3 is 0 Å². The van der Waals surface area contributed by atoms with E-state index in [1.54, 1.807) is 0 Å². The van der Waals surface area contributed by atoms with E-state index in [2.05, 4.69) is 19.9 Å². The van der Waals surface area contributed by atoms with Crippen molar-refractivity contribution in [2.24, 2.45) is 0 Å². The number of hydrogen-bond acceptors (Lipinski definition) is 5. The van der Waals surface area contributed by atoms with E-state index in [4.69, 9.17) is 26.2 Å². The third kappa shape index (κ3) is 5.85. The molecule has 0 aliphatic heterocycles. The van der Waals surface area contributed by atoms with Crippen molar-refractivity contribution in [3.63, 3.8) is 0 Å². The lowest BCUT2D eigenvalue weighted by Gasteiger charge is -2.27. The quantitative estimate of drug-likeness (QED) is 0.526. The average molecular weight is 409 g/mol. The average Bonchev–Trinajstić information content (AvgIpc) is 2.70. The van der Waals surface area contributed by atoms with Crippen molar-refractivity contribution in [3.05, 3.63) is 59.2 Å². The Morgan fingerprint density at radius 1 is 0.929 bits per heavy atom. The first-order valence-corrected chi connectivity index (χ1v) is 9.81. The number of hydrogen-bond donors (Lipinski definition) is 3. The molecule has 0 saturated carbocycles. The summed E-state index contributed by atoms with van der Waals surface area (Å²) in [5, 5.41) is 27.8. The number of aliphatic hydroxyl groups is 3. The summed E-state index contributed by atoms with van der Waals surface area (Å²) in [6, 6.07) is 13.7. The van der Waals surface area contributed by atoms with Crippen molar-refractivity contribution in [2.45, 2.75) is 38.4 Å². The maximum atomic E-state index is 9.55. The van der Waals surface area contributed by atoms with Gasteiger partial charge in [0.15, 0.2) is 0 Å². The molecular weight excluding hydrogens is 380 g/mol. The molecule has 2 aromatic rings. The highest BCUT2D eigenvalue weighted by atomic mass is 35.5. The molecule has 3 N–H and O–H groups in total. The molecule has 0 aromatic heterocycles. The zero-order valence-electron chi connectivity index (χ0n) is 16.6. The van der Waals surface area contributed by atoms with Gasteiger partial charge in [-0.1, -0.05) is 38.1 Å². The van der Waals surface area contributed by atoms with Crippen LogP contribution in [0.3, 0.4) is 0 Å². The van der Waals surface area contributed by atoms with Crippen LogP contribution in [0.1, 0.15) is 30.5 Å². The fourth-order valence-corrected chi connectivity index (χ4v) is 2.90. The third-order valence-corrected chi connectivity index (χ3v) is 5.09. The van der Waals surface area contributed by atoms with Gasteiger partial charge in [0.05, 0.1) is 12.5 Å². The molecule has 0 fully saturated rings. The van der Waals surface area contributed by atoms with Crippen molar-refractivity contribution >= 4 is 11.6 Å². The highest BCUT2D eigenvalue weighted by Crippen LogP contribution is 2.34. The second-order valence-electron chi connectivity index (χ2n) is 7.40. The van der Waals surface area contributed by atoms with Gasteiger partial charge in [-0.3, -0.25) is 0 Å². The highest BCUT2D eigenvalue weighted by Gasteiger charge is 2.24. The fraction of sp³-hybridized carbons (Fsp3) is 0.455. The summed E-state index contributed by atoms with van der Waals surface area (Å²) >= 11 is 5.60. The van der Waals surface area contributed by atoms with Gasteiger partial charge in [-0.25, -0.2) is 0 Å². The van der Waals surface area contributed by atoms with Gasteiger partial charge in [-0.15, -0.1) is 11.6 Å². The van der Waals surface area contributed by atoms with Crippen LogP contribution in [0, 0.1) is 6.92 Å².